The summed E-state index contributed by atoms with van der Waals surface area (Å²) in [7, 11) is 0. The Morgan fingerprint density at radius 2 is 1.96 bits per heavy atom. The first-order valence-corrected chi connectivity index (χ1v) is 9.72. The van der Waals surface area contributed by atoms with Gasteiger partial charge in [-0.2, -0.15) is 5.26 Å². The minimum atomic E-state index is -0.0462. The fraction of sp³-hybridized carbons (Fsp3) is 0.857. The summed E-state index contributed by atoms with van der Waals surface area (Å²) in [4.78, 5) is 0. The van der Waals surface area contributed by atoms with Crippen molar-refractivity contribution in [3.05, 3.63) is 11.6 Å². The van der Waals surface area contributed by atoms with Crippen molar-refractivity contribution in [1.29, 1.82) is 5.26 Å². The van der Waals surface area contributed by atoms with Gasteiger partial charge in [0.25, 0.3) is 0 Å². The normalized spacial score (nSPS) is 54.0. The molecule has 7 atom stereocenters. The summed E-state index contributed by atoms with van der Waals surface area (Å²) in [6, 6.07) is 2.28. The Kier molecular flexibility index (Phi) is 3.65. The van der Waals surface area contributed by atoms with Crippen LogP contribution in [0, 0.1) is 45.8 Å². The van der Waals surface area contributed by atoms with Crippen LogP contribution < -0.4 is 0 Å². The highest BCUT2D eigenvalue weighted by Gasteiger charge is 2.58. The van der Waals surface area contributed by atoms with Crippen molar-refractivity contribution in [3.8, 4) is 6.07 Å². The predicted molar refractivity (Wildman–Crippen MR) is 91.4 cm³/mol. The number of rotatable bonds is 0. The summed E-state index contributed by atoms with van der Waals surface area (Å²) in [6.07, 6.45) is 12.8. The van der Waals surface area contributed by atoms with E-state index in [0.717, 1.165) is 42.9 Å². The van der Waals surface area contributed by atoms with Crippen molar-refractivity contribution < 1.29 is 5.11 Å². The van der Waals surface area contributed by atoms with E-state index in [4.69, 9.17) is 5.26 Å². The Morgan fingerprint density at radius 3 is 2.74 bits per heavy atom. The van der Waals surface area contributed by atoms with Crippen LogP contribution in [0.15, 0.2) is 11.6 Å². The molecule has 4 rings (SSSR count). The molecule has 0 aromatic heterocycles. The van der Waals surface area contributed by atoms with Crippen LogP contribution in [0.3, 0.4) is 0 Å². The van der Waals surface area contributed by atoms with Gasteiger partial charge in [-0.25, -0.2) is 0 Å². The molecule has 4 fully saturated rings. The minimum absolute atomic E-state index is 0.0462. The summed E-state index contributed by atoms with van der Waals surface area (Å²) in [6.45, 7) is 5.04. The molecule has 0 aromatic rings. The van der Waals surface area contributed by atoms with E-state index in [-0.39, 0.29) is 6.10 Å². The van der Waals surface area contributed by atoms with Crippen molar-refractivity contribution in [2.75, 3.05) is 0 Å². The molecule has 4 aliphatic carbocycles. The first-order chi connectivity index (χ1) is 11.0. The van der Waals surface area contributed by atoms with Gasteiger partial charge in [0.2, 0.25) is 0 Å². The fourth-order valence-electron chi connectivity index (χ4n) is 7.32. The topological polar surface area (TPSA) is 44.0 Å². The van der Waals surface area contributed by atoms with E-state index in [1.165, 1.54) is 44.1 Å². The maximum Gasteiger partial charge on any atom is 0.0911 e. The van der Waals surface area contributed by atoms with Gasteiger partial charge in [0, 0.05) is 6.08 Å². The van der Waals surface area contributed by atoms with Gasteiger partial charge >= 0.3 is 0 Å². The number of allylic oxidation sites excluding steroid dienone is 2. The SMILES string of the molecule is C[C@]12CC[C@@H]3[C@@H](CCC4CC(O)CC[C@@]43C)[C@@H]1CC(=CC#N)C2. The molecule has 1 N–H and O–H groups in total. The van der Waals surface area contributed by atoms with E-state index in [1.807, 2.05) is 6.08 Å². The molecule has 2 unspecified atom stereocenters. The number of aliphatic hydroxyl groups excluding tert-OH is 1. The van der Waals surface area contributed by atoms with Crippen molar-refractivity contribution in [3.63, 3.8) is 0 Å². The molecular formula is C21H31NO. The first kappa shape index (κ1) is 15.7. The van der Waals surface area contributed by atoms with E-state index in [1.54, 1.807) is 0 Å². The number of fused-ring (bicyclic) bond motifs is 5. The molecule has 0 saturated heterocycles. The lowest BCUT2D eigenvalue weighted by atomic mass is 9.45. The third-order valence-corrected chi connectivity index (χ3v) is 8.54. The summed E-state index contributed by atoms with van der Waals surface area (Å²) >= 11 is 0. The lowest BCUT2D eigenvalue weighted by Crippen LogP contribution is -2.53. The third kappa shape index (κ3) is 2.30. The summed E-state index contributed by atoms with van der Waals surface area (Å²) in [5.41, 5.74) is 2.32. The van der Waals surface area contributed by atoms with Crippen molar-refractivity contribution in [2.24, 2.45) is 34.5 Å². The van der Waals surface area contributed by atoms with E-state index >= 15 is 0 Å². The average Bonchev–Trinajstić information content (AvgIpc) is 2.84. The molecule has 0 aromatic carbocycles. The predicted octanol–water partition coefficient (Wildman–Crippen LogP) is 4.84. The third-order valence-electron chi connectivity index (χ3n) is 8.54. The Bertz CT molecular complexity index is 561. The van der Waals surface area contributed by atoms with Crippen LogP contribution in [-0.4, -0.2) is 11.2 Å². The molecule has 2 nitrogen and oxygen atoms in total. The Balaban J connectivity index is 1.62. The maximum atomic E-state index is 10.1. The number of nitrogens with zero attached hydrogens (tertiary/aromatic N) is 1. The van der Waals surface area contributed by atoms with Crippen molar-refractivity contribution in [2.45, 2.75) is 77.7 Å². The van der Waals surface area contributed by atoms with Gasteiger partial charge in [-0.15, -0.1) is 0 Å². The average molecular weight is 313 g/mol. The van der Waals surface area contributed by atoms with Crippen LogP contribution in [-0.2, 0) is 0 Å². The standard InChI is InChI=1S/C21H31NO/c1-20-8-6-18-17(19(20)11-14(13-20)7-10-22)4-3-15-12-16(23)5-9-21(15,18)2/h7,15-19,23H,3-6,8-9,11-13H2,1-2H3/t15?,16?,17-,18-,19+,20-,21+/m1/s1. The van der Waals surface area contributed by atoms with E-state index < -0.39 is 0 Å². The largest absolute Gasteiger partial charge is 0.393 e. The van der Waals surface area contributed by atoms with Crippen LogP contribution in [0.4, 0.5) is 0 Å². The van der Waals surface area contributed by atoms with Crippen LogP contribution >= 0.6 is 0 Å². The Morgan fingerprint density at radius 1 is 1.13 bits per heavy atom. The second-order valence-corrected chi connectivity index (χ2v) is 9.59. The van der Waals surface area contributed by atoms with Gasteiger partial charge < -0.3 is 5.11 Å². The van der Waals surface area contributed by atoms with Crippen LogP contribution in [0.25, 0.3) is 0 Å². The molecular weight excluding hydrogens is 282 g/mol. The molecule has 2 heteroatoms. The highest BCUT2D eigenvalue weighted by atomic mass is 16.3. The second kappa shape index (κ2) is 5.35. The first-order valence-electron chi connectivity index (χ1n) is 9.72. The van der Waals surface area contributed by atoms with Gasteiger partial charge in [0.1, 0.15) is 0 Å². The monoisotopic (exact) mass is 313 g/mol. The quantitative estimate of drug-likeness (QED) is 0.650. The molecule has 0 radical (unpaired) electrons. The van der Waals surface area contributed by atoms with Gasteiger partial charge in [-0.05, 0) is 92.3 Å². The molecule has 0 spiro atoms. The van der Waals surface area contributed by atoms with Gasteiger partial charge in [-0.3, -0.25) is 0 Å². The van der Waals surface area contributed by atoms with Crippen molar-refractivity contribution in [1.82, 2.24) is 0 Å². The zero-order valence-corrected chi connectivity index (χ0v) is 14.7. The maximum absolute atomic E-state index is 10.1. The minimum Gasteiger partial charge on any atom is -0.393 e. The highest BCUT2D eigenvalue weighted by Crippen LogP contribution is 2.66. The molecule has 4 aliphatic rings. The van der Waals surface area contributed by atoms with Gasteiger partial charge in [-0.1, -0.05) is 19.4 Å². The molecule has 0 amide bonds. The number of hydrogen-bond acceptors (Lipinski definition) is 2. The zero-order valence-electron chi connectivity index (χ0n) is 14.7. The number of nitriles is 1. The molecule has 0 heterocycles. The van der Waals surface area contributed by atoms with E-state index in [2.05, 4.69) is 19.9 Å². The van der Waals surface area contributed by atoms with E-state index in [0.29, 0.717) is 10.8 Å². The zero-order chi connectivity index (χ0) is 16.2. The summed E-state index contributed by atoms with van der Waals surface area (Å²) in [5.74, 6) is 3.25. The lowest BCUT2D eigenvalue weighted by molar-refractivity contribution is -0.120. The molecule has 0 bridgehead atoms. The Labute approximate surface area is 141 Å². The van der Waals surface area contributed by atoms with Crippen LogP contribution in [0.1, 0.15) is 71.6 Å². The fourth-order valence-corrected chi connectivity index (χ4v) is 7.32. The number of hydrogen-bond donors (Lipinski definition) is 1. The molecule has 0 aliphatic heterocycles. The Hall–Kier alpha value is -0.810. The number of aliphatic hydroxyl groups is 1. The summed E-state index contributed by atoms with van der Waals surface area (Å²) < 4.78 is 0. The smallest absolute Gasteiger partial charge is 0.0911 e. The van der Waals surface area contributed by atoms with Crippen LogP contribution in [0.2, 0.25) is 0 Å². The van der Waals surface area contributed by atoms with Crippen LogP contribution in [0.5, 0.6) is 0 Å². The molecule has 126 valence electrons. The highest BCUT2D eigenvalue weighted by molar-refractivity contribution is 5.23. The van der Waals surface area contributed by atoms with Gasteiger partial charge in [0.05, 0.1) is 12.2 Å². The summed E-state index contributed by atoms with van der Waals surface area (Å²) in [5, 5.41) is 19.2. The molecule has 4 saturated carbocycles. The van der Waals surface area contributed by atoms with Gasteiger partial charge in [0.15, 0.2) is 0 Å². The molecule has 23 heavy (non-hydrogen) atoms. The second-order valence-electron chi connectivity index (χ2n) is 9.59. The van der Waals surface area contributed by atoms with E-state index in [9.17, 15) is 5.11 Å². The lowest BCUT2D eigenvalue weighted by Gasteiger charge is -2.60. The van der Waals surface area contributed by atoms with Crippen molar-refractivity contribution >= 4 is 0 Å².